The molecule has 1 saturated heterocycles. The van der Waals surface area contributed by atoms with E-state index in [2.05, 4.69) is 24.0 Å². The van der Waals surface area contributed by atoms with Gasteiger partial charge in [0, 0.05) is 82.5 Å². The van der Waals surface area contributed by atoms with Crippen molar-refractivity contribution < 1.29 is 53.3 Å². The number of carbonyl (C=O) groups is 2. The molecule has 5 aliphatic carbocycles. The van der Waals surface area contributed by atoms with Gasteiger partial charge in [0.15, 0.2) is 5.60 Å². The van der Waals surface area contributed by atoms with Gasteiger partial charge in [0.1, 0.15) is 23.9 Å². The van der Waals surface area contributed by atoms with E-state index in [1.807, 2.05) is 13.1 Å². The summed E-state index contributed by atoms with van der Waals surface area (Å²) in [7, 11) is 8.40. The lowest BCUT2D eigenvalue weighted by atomic mass is 9.42. The van der Waals surface area contributed by atoms with Crippen molar-refractivity contribution in [2.75, 3.05) is 48.6 Å². The molecule has 1 aliphatic heterocycles. The van der Waals surface area contributed by atoms with Crippen molar-refractivity contribution in [1.82, 2.24) is 4.90 Å². The van der Waals surface area contributed by atoms with Crippen molar-refractivity contribution in [2.24, 2.45) is 34.5 Å². The lowest BCUT2D eigenvalue weighted by Gasteiger charge is -2.70. The highest BCUT2D eigenvalue weighted by Gasteiger charge is 2.92. The van der Waals surface area contributed by atoms with Crippen molar-refractivity contribution in [2.45, 2.75) is 176 Å². The fourth-order valence-electron chi connectivity index (χ4n) is 14.9. The minimum atomic E-state index is -1.85. The van der Waals surface area contributed by atoms with Gasteiger partial charge in [-0.15, -0.1) is 0 Å². The summed E-state index contributed by atoms with van der Waals surface area (Å²) >= 11 is 0. The fraction of sp³-hybridized carbons (Fsp3) is 0.804. The molecule has 1 aromatic carbocycles. The second kappa shape index (κ2) is 20.6. The van der Waals surface area contributed by atoms with Crippen LogP contribution in [0.25, 0.3) is 0 Å². The van der Waals surface area contributed by atoms with Crippen LogP contribution in [0.2, 0.25) is 0 Å². The number of fused-ring (bicyclic) bond motifs is 2. The van der Waals surface area contributed by atoms with Crippen LogP contribution in [0.15, 0.2) is 42.5 Å². The van der Waals surface area contributed by atoms with Gasteiger partial charge in [-0.2, -0.15) is 0 Å². The first-order valence-corrected chi connectivity index (χ1v) is 24.5. The number of aliphatic hydroxyl groups is 3. The number of aliphatic hydroxyl groups excluding tert-OH is 2. The van der Waals surface area contributed by atoms with Gasteiger partial charge < -0.3 is 48.6 Å². The first-order chi connectivity index (χ1) is 30.5. The highest BCUT2D eigenvalue weighted by molar-refractivity contribution is 5.89. The Bertz CT molecular complexity index is 1700. The third-order valence-corrected chi connectivity index (χ3v) is 17.0. The molecule has 0 aromatic heterocycles. The van der Waals surface area contributed by atoms with E-state index < -0.39 is 88.3 Å². The number of ether oxygens (including phenoxy) is 6. The van der Waals surface area contributed by atoms with Crippen molar-refractivity contribution in [3.05, 3.63) is 48.0 Å². The van der Waals surface area contributed by atoms with E-state index in [0.29, 0.717) is 24.9 Å². The van der Waals surface area contributed by atoms with Gasteiger partial charge in [0.05, 0.1) is 30.5 Å². The Labute approximate surface area is 376 Å². The number of benzene rings is 1. The van der Waals surface area contributed by atoms with Gasteiger partial charge in [0.25, 0.3) is 0 Å². The molecule has 3 N–H and O–H groups in total. The lowest BCUT2D eigenvalue weighted by Crippen LogP contribution is -2.81. The van der Waals surface area contributed by atoms with E-state index in [9.17, 15) is 24.9 Å². The van der Waals surface area contributed by atoms with Crippen molar-refractivity contribution in [1.29, 1.82) is 0 Å². The lowest BCUT2D eigenvalue weighted by molar-refractivity contribution is -0.321. The summed E-state index contributed by atoms with van der Waals surface area (Å²) in [6.07, 6.45) is 16.8. The monoisotopic (exact) mass is 882 g/mol. The smallest absolute Gasteiger partial charge is 0.338 e. The number of carbonyl (C=O) groups excluding carboxylic acids is 2. The van der Waals surface area contributed by atoms with Crippen LogP contribution < -0.4 is 0 Å². The molecule has 5 saturated carbocycles. The predicted molar refractivity (Wildman–Crippen MR) is 239 cm³/mol. The van der Waals surface area contributed by atoms with Crippen LogP contribution in [0.4, 0.5) is 0 Å². The zero-order chi connectivity index (χ0) is 45.0. The molecule has 1 unspecified atom stereocenters. The van der Waals surface area contributed by atoms with Crippen molar-refractivity contribution in [3.8, 4) is 0 Å². The maximum absolute atomic E-state index is 14.5. The Kier molecular flexibility index (Phi) is 15.9. The summed E-state index contributed by atoms with van der Waals surface area (Å²) in [6, 6.07) is 8.28. The Balaban J connectivity index is 1.12. The number of hydrogen-bond donors (Lipinski definition) is 3. The van der Waals surface area contributed by atoms with Crippen LogP contribution in [-0.2, 0) is 33.2 Å². The number of esters is 2. The van der Waals surface area contributed by atoms with Crippen LogP contribution in [0.1, 0.15) is 133 Å². The van der Waals surface area contributed by atoms with Crippen LogP contribution in [0.5, 0.6) is 0 Å². The number of nitrogens with zero attached hydrogens (tertiary/aromatic N) is 1. The molecule has 1 aromatic rings. The zero-order valence-corrected chi connectivity index (χ0v) is 39.1. The molecule has 12 heteroatoms. The van der Waals surface area contributed by atoms with E-state index in [4.69, 9.17) is 28.4 Å². The summed E-state index contributed by atoms with van der Waals surface area (Å²) in [4.78, 5) is 30.8. The number of rotatable bonds is 25. The molecule has 0 amide bonds. The minimum absolute atomic E-state index is 0.0811. The molecule has 1 heterocycles. The number of unbranched alkanes of at least 4 members (excludes halogenated alkanes) is 13. The van der Waals surface area contributed by atoms with E-state index in [1.165, 1.54) is 64.9 Å². The Morgan fingerprint density at radius 3 is 2.05 bits per heavy atom. The molecular weight excluding hydrogens is 803 g/mol. The quantitative estimate of drug-likeness (QED) is 0.0524. The predicted octanol–water partition coefficient (Wildman–Crippen LogP) is 7.06. The average Bonchev–Trinajstić information content (AvgIpc) is 3.67. The molecule has 63 heavy (non-hydrogen) atoms. The molecular formula is C51H79NO11. The normalized spacial score (nSPS) is 39.8. The van der Waals surface area contributed by atoms with E-state index in [1.54, 1.807) is 45.6 Å². The maximum atomic E-state index is 14.5. The van der Waals surface area contributed by atoms with E-state index >= 15 is 0 Å². The Morgan fingerprint density at radius 1 is 0.810 bits per heavy atom. The molecule has 0 radical (unpaired) electrons. The molecule has 354 valence electrons. The number of likely N-dealkylation sites (tertiary alicyclic amines) is 1. The SMILES string of the molecule is CCCCCCCC/C=C\CCCCCCCCCC(=O)O[C@]12[C@H]3[C@@H](OC(=O)c4ccccc4)[C@](O)(C[C@H]3[C@@]34C5[C@@H]1[C@H](OC)[C@@H]3[C@](COC)(CN5C)[C@H](O)C[C@@H]4OC)[C@@H](OC)[C@@H]2O. The first kappa shape index (κ1) is 48.5. The Hall–Kier alpha value is -2.42. The molecule has 6 aliphatic rings. The molecule has 6 fully saturated rings. The molecule has 1 spiro atoms. The highest BCUT2D eigenvalue weighted by atomic mass is 16.6. The van der Waals surface area contributed by atoms with Crippen LogP contribution in [-0.4, -0.2) is 135 Å². The van der Waals surface area contributed by atoms with Crippen LogP contribution in [0.3, 0.4) is 0 Å². The third kappa shape index (κ3) is 8.16. The van der Waals surface area contributed by atoms with Gasteiger partial charge in [-0.3, -0.25) is 4.79 Å². The summed E-state index contributed by atoms with van der Waals surface area (Å²) < 4.78 is 38.5. The number of piperidine rings is 1. The Morgan fingerprint density at radius 2 is 1.44 bits per heavy atom. The summed E-state index contributed by atoms with van der Waals surface area (Å²) in [6.45, 7) is 2.97. The van der Waals surface area contributed by atoms with Gasteiger partial charge in [0.2, 0.25) is 0 Å². The summed E-state index contributed by atoms with van der Waals surface area (Å²) in [5.74, 6) is -3.51. The number of hydrogen-bond acceptors (Lipinski definition) is 12. The number of methoxy groups -OCH3 is 4. The second-order valence-electron chi connectivity index (χ2n) is 20.2. The molecule has 7 rings (SSSR count). The van der Waals surface area contributed by atoms with Gasteiger partial charge >= 0.3 is 11.9 Å². The van der Waals surface area contributed by atoms with Gasteiger partial charge in [-0.05, 0) is 63.6 Å². The average molecular weight is 882 g/mol. The fourth-order valence-corrected chi connectivity index (χ4v) is 14.9. The number of allylic oxidation sites excluding steroid dienone is 2. The summed E-state index contributed by atoms with van der Waals surface area (Å²) in [5.41, 5.74) is -4.85. The van der Waals surface area contributed by atoms with E-state index in [-0.39, 0.29) is 31.4 Å². The largest absolute Gasteiger partial charge is 0.455 e. The highest BCUT2D eigenvalue weighted by Crippen LogP contribution is 2.80. The zero-order valence-electron chi connectivity index (χ0n) is 39.1. The summed E-state index contributed by atoms with van der Waals surface area (Å²) in [5, 5.41) is 38.2. The maximum Gasteiger partial charge on any atom is 0.338 e. The van der Waals surface area contributed by atoms with Crippen LogP contribution in [0, 0.1) is 34.5 Å². The molecule has 12 nitrogen and oxygen atoms in total. The van der Waals surface area contributed by atoms with Crippen molar-refractivity contribution >= 4 is 11.9 Å². The second-order valence-corrected chi connectivity index (χ2v) is 20.2. The third-order valence-electron chi connectivity index (χ3n) is 17.0. The standard InChI is InChI=1S/C51H79NO11/c1-7-8-9-10-11-12-13-14-15-16-17-18-19-20-21-22-26-29-38(54)63-51-39-35(31-49(57,46(61-6)44(51)55)45(39)62-47(56)34-27-24-23-25-28-34)50-37(59-4)30-36(53)48(33-58-3)32-52(2)43(50)40(51)41(60-5)42(48)50/h14-15,23-25,27-28,35-37,39-46,53,55,57H,7-13,16-22,26,29-33H2,1-6H3/b15-14-/t35-,36-,37+,39-,40+,41+,42-,43?,44+,45-,46+,48+,49-,50+,51-/m1/s1. The van der Waals surface area contributed by atoms with Crippen molar-refractivity contribution in [3.63, 3.8) is 0 Å². The van der Waals surface area contributed by atoms with Gasteiger partial charge in [-0.25, -0.2) is 4.79 Å². The molecule has 15 atom stereocenters. The minimum Gasteiger partial charge on any atom is -0.455 e. The van der Waals surface area contributed by atoms with E-state index in [0.717, 1.165) is 32.1 Å². The first-order valence-electron chi connectivity index (χ1n) is 24.5. The van der Waals surface area contributed by atoms with Crippen LogP contribution >= 0.6 is 0 Å². The topological polar surface area (TPSA) is 153 Å². The molecule has 7 bridgehead atoms. The van der Waals surface area contributed by atoms with Gasteiger partial charge in [-0.1, -0.05) is 101 Å².